The minimum atomic E-state index is -5.21. The van der Waals surface area contributed by atoms with Crippen molar-refractivity contribution in [3.8, 4) is 0 Å². The number of ketones is 1. The van der Waals surface area contributed by atoms with Crippen molar-refractivity contribution in [1.82, 2.24) is 50.5 Å². The summed E-state index contributed by atoms with van der Waals surface area (Å²) >= 11 is 0. The zero-order valence-electron chi connectivity index (χ0n) is 53.0. The lowest BCUT2D eigenvalue weighted by atomic mass is 10.1. The normalized spacial score (nSPS) is 11.5. The number of carbonyl (C=O) groups excluding carboxylic acids is 4. The molecule has 4 heterocycles. The molecule has 0 saturated heterocycles. The Morgan fingerprint density at radius 2 is 1.07 bits per heavy atom. The lowest BCUT2D eigenvalue weighted by Gasteiger charge is -2.23. The first kappa shape index (κ1) is 78.7. The summed E-state index contributed by atoms with van der Waals surface area (Å²) < 4.78 is 87.9. The Morgan fingerprint density at radius 3 is 1.54 bits per heavy atom. The zero-order chi connectivity index (χ0) is 70.9. The van der Waals surface area contributed by atoms with Crippen molar-refractivity contribution in [3.63, 3.8) is 0 Å². The predicted molar refractivity (Wildman–Crippen MR) is 341 cm³/mol. The van der Waals surface area contributed by atoms with Crippen LogP contribution >= 0.6 is 0 Å². The van der Waals surface area contributed by atoms with Gasteiger partial charge in [0, 0.05) is 54.2 Å². The molecule has 0 saturated carbocycles. The SMILES string of the molecule is Nc1nc2ncc(CN(C(=O)C(F)(F)F)c3ccc(C(=O)O)cc3)nc2c(=O)[nH]1.[N-]=[N+]=NCCOCCOCCOCCOCCOCCOCCOCCOCCOCCC(=O)NCCCC(=O)CC[C@H](NC(=O)c1ccc(NCc2cnc3nc(N)[nH]c(=O)c3n2)cc1)C(=O)O. The minimum absolute atomic E-state index is 0.0460. The van der Waals surface area contributed by atoms with Crippen LogP contribution in [0.4, 0.5) is 36.4 Å². The van der Waals surface area contributed by atoms with Crippen LogP contribution in [0.15, 0.2) is 75.6 Å². The van der Waals surface area contributed by atoms with E-state index in [1.165, 1.54) is 18.3 Å². The van der Waals surface area contributed by atoms with Gasteiger partial charge in [0.25, 0.3) is 17.0 Å². The largest absolute Gasteiger partial charge is 0.480 e. The standard InChI is InChI=1S/C43H65N11O15.C16H11F3N6O4/c44-43-52-39-38(41(58)53-43)50-34(31-48-39)30-47-33-5-3-32(4-6-33)40(57)51-36(42(59)60)8-7-35(55)2-1-10-46-37(56)9-12-61-14-16-63-18-20-65-22-24-67-26-28-69-29-27-68-25-23-66-21-19-64-17-15-62-13-11-49-54-45;17-16(18,19)14(29)25(9-3-1-7(2-4-9)13(27)28)6-8-5-21-11-10(22-8)12(26)24-15(20)23-11/h3-6,31,36,47H,1-2,7-30H2,(H,46,56)(H,51,57)(H,59,60)(H3,44,48,52,53,58);1-5H,6H2,(H,27,28)(H3,20,21,23,24,26)/t36-;/m0./s1. The van der Waals surface area contributed by atoms with E-state index in [1.54, 1.807) is 12.1 Å². The van der Waals surface area contributed by atoms with Gasteiger partial charge >= 0.3 is 24.0 Å². The third-order valence-electron chi connectivity index (χ3n) is 12.9. The molecule has 0 aliphatic rings. The second-order valence-electron chi connectivity index (χ2n) is 20.3. The number of carboxylic acids is 2. The molecule has 11 N–H and O–H groups in total. The third kappa shape index (κ3) is 30.4. The number of anilines is 4. The first-order valence-corrected chi connectivity index (χ1v) is 30.3. The summed E-state index contributed by atoms with van der Waals surface area (Å²) in [7, 11) is 0. The van der Waals surface area contributed by atoms with E-state index in [-0.39, 0.29) is 114 Å². The van der Waals surface area contributed by atoms with Crippen LogP contribution in [-0.2, 0) is 74.9 Å². The molecule has 36 nitrogen and oxygen atoms in total. The number of alkyl halides is 3. The van der Waals surface area contributed by atoms with Crippen molar-refractivity contribution >= 4 is 81.0 Å². The summed E-state index contributed by atoms with van der Waals surface area (Å²) in [5.74, 6) is -6.06. The minimum Gasteiger partial charge on any atom is -0.480 e. The quantitative estimate of drug-likeness (QED) is 0.0114. The van der Waals surface area contributed by atoms with Crippen LogP contribution in [0.5, 0.6) is 0 Å². The molecule has 0 bridgehead atoms. The number of azide groups is 1. The summed E-state index contributed by atoms with van der Waals surface area (Å²) in [6.45, 7) is 7.46. The van der Waals surface area contributed by atoms with Crippen LogP contribution < -0.4 is 43.4 Å². The van der Waals surface area contributed by atoms with Gasteiger partial charge in [-0.25, -0.2) is 29.5 Å². The van der Waals surface area contributed by atoms with E-state index < -0.39 is 53.6 Å². The Morgan fingerprint density at radius 1 is 0.612 bits per heavy atom. The molecule has 4 aromatic heterocycles. The number of halogens is 3. The summed E-state index contributed by atoms with van der Waals surface area (Å²) in [5.41, 5.74) is 18.4. The molecule has 6 rings (SSSR count). The Bertz CT molecular complexity index is 3660. The fourth-order valence-corrected chi connectivity index (χ4v) is 8.12. The highest BCUT2D eigenvalue weighted by Crippen LogP contribution is 2.26. The average Bonchev–Trinajstić information content (AvgIpc) is 0.807. The molecule has 0 aliphatic heterocycles. The molecule has 2 aromatic carbocycles. The lowest BCUT2D eigenvalue weighted by molar-refractivity contribution is -0.170. The maximum Gasteiger partial charge on any atom is 0.471 e. The summed E-state index contributed by atoms with van der Waals surface area (Å²) in [5, 5.41) is 30.2. The van der Waals surface area contributed by atoms with E-state index in [2.05, 4.69) is 65.8 Å². The number of nitrogens with zero attached hydrogens (tertiary/aromatic N) is 10. The Hall–Kier alpha value is -9.96. The molecule has 98 heavy (non-hydrogen) atoms. The number of aromatic amines is 2. The number of aromatic nitrogens is 8. The number of aliphatic carboxylic acids is 1. The number of fused-ring (bicyclic) bond motifs is 2. The van der Waals surface area contributed by atoms with Gasteiger partial charge < -0.3 is 80.3 Å². The highest BCUT2D eigenvalue weighted by molar-refractivity contribution is 5.98. The van der Waals surface area contributed by atoms with Gasteiger partial charge in [0.15, 0.2) is 22.3 Å². The van der Waals surface area contributed by atoms with Crippen LogP contribution in [0, 0.1) is 0 Å². The Balaban J connectivity index is 0.000000493. The number of hydrogen-bond acceptors (Lipinski definition) is 27. The monoisotopic (exact) mass is 1380 g/mol. The van der Waals surface area contributed by atoms with Gasteiger partial charge in [-0.05, 0) is 66.9 Å². The summed E-state index contributed by atoms with van der Waals surface area (Å²) in [6.07, 6.45) is -2.20. The van der Waals surface area contributed by atoms with Gasteiger partial charge in [-0.3, -0.25) is 43.6 Å². The number of H-pyrrole nitrogens is 2. The first-order chi connectivity index (χ1) is 47.2. The number of nitrogens with one attached hydrogen (secondary N) is 5. The highest BCUT2D eigenvalue weighted by Gasteiger charge is 2.43. The number of ether oxygens (including phenoxy) is 9. The number of aromatic carboxylic acids is 1. The number of amides is 3. The molecule has 0 unspecified atom stereocenters. The zero-order valence-corrected chi connectivity index (χ0v) is 53.0. The van der Waals surface area contributed by atoms with Gasteiger partial charge in [-0.15, -0.1) is 0 Å². The number of nitrogen functional groups attached to an aromatic ring is 2. The number of rotatable bonds is 47. The topological polar surface area (TPSA) is 509 Å². The second kappa shape index (κ2) is 44.0. The number of carboxylic acid groups (broad SMARTS) is 2. The maximum atomic E-state index is 13.1. The van der Waals surface area contributed by atoms with Crippen LogP contribution in [0.1, 0.15) is 64.2 Å². The summed E-state index contributed by atoms with van der Waals surface area (Å²) in [6, 6.07) is 9.21. The molecule has 0 fully saturated rings. The van der Waals surface area contributed by atoms with E-state index in [9.17, 15) is 56.6 Å². The van der Waals surface area contributed by atoms with Crippen LogP contribution in [0.25, 0.3) is 32.8 Å². The smallest absolute Gasteiger partial charge is 0.471 e. The lowest BCUT2D eigenvalue weighted by Crippen LogP contribution is -2.41. The Kier molecular flexibility index (Phi) is 35.3. The van der Waals surface area contributed by atoms with E-state index in [1.807, 2.05) is 0 Å². The fraction of sp³-hybridized carbons (Fsp3) is 0.492. The molecular formula is C59H76F3N17O19. The second-order valence-corrected chi connectivity index (χ2v) is 20.3. The predicted octanol–water partition coefficient (Wildman–Crippen LogP) is 2.27. The molecule has 532 valence electrons. The van der Waals surface area contributed by atoms with Crippen molar-refractivity contribution < 1.29 is 94.8 Å². The highest BCUT2D eigenvalue weighted by atomic mass is 19.4. The van der Waals surface area contributed by atoms with Crippen LogP contribution in [0.3, 0.4) is 0 Å². The van der Waals surface area contributed by atoms with E-state index in [4.69, 9.17) is 64.7 Å². The third-order valence-corrected chi connectivity index (χ3v) is 12.9. The average molecular weight is 1380 g/mol. The molecular weight excluding hydrogens is 1310 g/mol. The molecule has 6 aromatic rings. The van der Waals surface area contributed by atoms with Crippen LogP contribution in [-0.4, -0.2) is 230 Å². The van der Waals surface area contributed by atoms with Crippen molar-refractivity contribution in [2.24, 2.45) is 5.11 Å². The van der Waals surface area contributed by atoms with E-state index in [0.29, 0.717) is 142 Å². The van der Waals surface area contributed by atoms with Crippen molar-refractivity contribution in [3.05, 3.63) is 115 Å². The number of carbonyl (C=O) groups is 6. The molecule has 0 radical (unpaired) electrons. The van der Waals surface area contributed by atoms with Crippen molar-refractivity contribution in [1.29, 1.82) is 0 Å². The maximum absolute atomic E-state index is 13.1. The molecule has 0 spiro atoms. The van der Waals surface area contributed by atoms with Gasteiger partial charge in [0.05, 0.1) is 161 Å². The van der Waals surface area contributed by atoms with Gasteiger partial charge in [0.2, 0.25) is 17.8 Å². The fourth-order valence-electron chi connectivity index (χ4n) is 8.12. The van der Waals surface area contributed by atoms with Crippen molar-refractivity contribution in [2.45, 2.75) is 57.4 Å². The molecule has 3 amide bonds. The number of Topliss-reactive ketones (excluding diaryl/α,β-unsaturated/α-hetero) is 1. The van der Waals surface area contributed by atoms with Gasteiger partial charge in [0.1, 0.15) is 11.8 Å². The van der Waals surface area contributed by atoms with Crippen LogP contribution in [0.2, 0.25) is 0 Å². The van der Waals surface area contributed by atoms with E-state index in [0.717, 1.165) is 30.5 Å². The van der Waals surface area contributed by atoms with Crippen molar-refractivity contribution in [2.75, 3.05) is 154 Å². The van der Waals surface area contributed by atoms with E-state index >= 15 is 0 Å². The Labute approximate surface area is 555 Å². The summed E-state index contributed by atoms with van der Waals surface area (Å²) in [4.78, 5) is 127. The molecule has 39 heteroatoms. The molecule has 1 atom stereocenters. The number of benzene rings is 2. The van der Waals surface area contributed by atoms with Gasteiger partial charge in [-0.1, -0.05) is 5.11 Å². The van der Waals surface area contributed by atoms with Gasteiger partial charge in [-0.2, -0.15) is 23.1 Å². The number of nitrogens with two attached hydrogens (primary N) is 2. The first-order valence-electron chi connectivity index (χ1n) is 30.3. The molecule has 0 aliphatic carbocycles. The number of hydrogen-bond donors (Lipinski definition) is 9.